The van der Waals surface area contributed by atoms with E-state index in [0.717, 1.165) is 6.07 Å². The zero-order valence-corrected chi connectivity index (χ0v) is 16.0. The molecule has 148 valence electrons. The molecule has 9 heteroatoms. The summed E-state index contributed by atoms with van der Waals surface area (Å²) in [6.07, 6.45) is -0.409. The Balaban J connectivity index is 2.67. The molecule has 0 bridgehead atoms. The van der Waals surface area contributed by atoms with Gasteiger partial charge in [-0.3, -0.25) is 4.79 Å². The van der Waals surface area contributed by atoms with Gasteiger partial charge in [-0.05, 0) is 31.5 Å². The van der Waals surface area contributed by atoms with Crippen molar-refractivity contribution < 1.29 is 28.2 Å². The lowest BCUT2D eigenvalue weighted by molar-refractivity contribution is -0.143. The first-order valence-electron chi connectivity index (χ1n) is 8.42. The summed E-state index contributed by atoms with van der Waals surface area (Å²) in [5, 5.41) is 9.42. The van der Waals surface area contributed by atoms with E-state index in [-0.39, 0.29) is 46.6 Å². The van der Waals surface area contributed by atoms with Gasteiger partial charge in [0.25, 0.3) is 0 Å². The zero-order chi connectivity index (χ0) is 20.8. The Kier molecular flexibility index (Phi) is 7.01. The molecule has 0 saturated carbocycles. The molecule has 0 spiro atoms. The Hall–Kier alpha value is -3.05. The first-order chi connectivity index (χ1) is 13.3. The number of carbonyl (C=O) groups is 2. The van der Waals surface area contributed by atoms with Crippen LogP contribution in [0.1, 0.15) is 31.7 Å². The SMILES string of the molecule is CCOC(=O)CC1=C(C(=O)OCC)C(c2ccc(Cl)c(F)c2)C(C#N)=C(N)O1. The van der Waals surface area contributed by atoms with Crippen LogP contribution in [0.4, 0.5) is 4.39 Å². The van der Waals surface area contributed by atoms with Crippen LogP contribution >= 0.6 is 11.6 Å². The van der Waals surface area contributed by atoms with Gasteiger partial charge in [0.05, 0.1) is 29.7 Å². The van der Waals surface area contributed by atoms with E-state index >= 15 is 0 Å². The van der Waals surface area contributed by atoms with Crippen LogP contribution in [0.5, 0.6) is 0 Å². The molecule has 1 aromatic carbocycles. The zero-order valence-electron chi connectivity index (χ0n) is 15.3. The predicted octanol–water partition coefficient (Wildman–Crippen LogP) is 3.06. The number of rotatable bonds is 6. The fraction of sp³-hybridized carbons (Fsp3) is 0.316. The average Bonchev–Trinajstić information content (AvgIpc) is 2.63. The van der Waals surface area contributed by atoms with Crippen LogP contribution in [0.25, 0.3) is 0 Å². The molecule has 0 aliphatic carbocycles. The van der Waals surface area contributed by atoms with Gasteiger partial charge in [0, 0.05) is 0 Å². The van der Waals surface area contributed by atoms with Crippen LogP contribution < -0.4 is 5.73 Å². The Morgan fingerprint density at radius 1 is 1.32 bits per heavy atom. The van der Waals surface area contributed by atoms with Gasteiger partial charge in [0.1, 0.15) is 29.6 Å². The summed E-state index contributed by atoms with van der Waals surface area (Å²) in [4.78, 5) is 24.6. The standard InChI is InChI=1S/C19H18ClFN2O5/c1-3-26-15(24)8-14-17(19(25)27-4-2)16(11(9-22)18(23)28-14)10-5-6-12(20)13(21)7-10/h5-7,16H,3-4,8,23H2,1-2H3. The topological polar surface area (TPSA) is 112 Å². The highest BCUT2D eigenvalue weighted by Gasteiger charge is 2.38. The van der Waals surface area contributed by atoms with E-state index in [2.05, 4.69) is 0 Å². The van der Waals surface area contributed by atoms with E-state index in [9.17, 15) is 19.2 Å². The summed E-state index contributed by atoms with van der Waals surface area (Å²) >= 11 is 5.73. The number of halogens is 2. The molecular formula is C19H18ClFN2O5. The number of ether oxygens (including phenoxy) is 3. The molecule has 1 aromatic rings. The molecule has 1 heterocycles. The molecule has 0 aromatic heterocycles. The minimum atomic E-state index is -1.09. The molecule has 2 N–H and O–H groups in total. The van der Waals surface area contributed by atoms with E-state index in [1.54, 1.807) is 13.8 Å². The molecule has 7 nitrogen and oxygen atoms in total. The van der Waals surface area contributed by atoms with E-state index in [1.165, 1.54) is 12.1 Å². The van der Waals surface area contributed by atoms with Gasteiger partial charge < -0.3 is 19.9 Å². The normalized spacial score (nSPS) is 16.3. The van der Waals surface area contributed by atoms with Crippen LogP contribution in [0, 0.1) is 17.1 Å². The predicted molar refractivity (Wildman–Crippen MR) is 97.0 cm³/mol. The lowest BCUT2D eigenvalue weighted by Gasteiger charge is -2.28. The van der Waals surface area contributed by atoms with Gasteiger partial charge in [0.15, 0.2) is 0 Å². The molecule has 0 amide bonds. The number of nitriles is 1. The molecule has 0 fully saturated rings. The van der Waals surface area contributed by atoms with E-state index in [1.807, 2.05) is 6.07 Å². The third-order valence-electron chi connectivity index (χ3n) is 3.88. The maximum absolute atomic E-state index is 14.0. The lowest BCUT2D eigenvalue weighted by atomic mass is 9.82. The molecule has 1 unspecified atom stereocenters. The van der Waals surface area contributed by atoms with Crippen molar-refractivity contribution in [3.8, 4) is 6.07 Å². The molecule has 0 saturated heterocycles. The third kappa shape index (κ3) is 4.43. The molecular weight excluding hydrogens is 391 g/mol. The lowest BCUT2D eigenvalue weighted by Crippen LogP contribution is -2.27. The summed E-state index contributed by atoms with van der Waals surface area (Å²) < 4.78 is 29.4. The highest BCUT2D eigenvalue weighted by Crippen LogP contribution is 2.41. The third-order valence-corrected chi connectivity index (χ3v) is 4.19. The Labute approximate surface area is 166 Å². The minimum absolute atomic E-state index is 0.0395. The Morgan fingerprint density at radius 2 is 2.00 bits per heavy atom. The molecule has 1 aliphatic rings. The van der Waals surface area contributed by atoms with Crippen molar-refractivity contribution in [2.45, 2.75) is 26.2 Å². The number of benzene rings is 1. The second kappa shape index (κ2) is 9.24. The Morgan fingerprint density at radius 3 is 2.57 bits per heavy atom. The molecule has 1 atom stereocenters. The van der Waals surface area contributed by atoms with Gasteiger partial charge in [-0.1, -0.05) is 17.7 Å². The second-order valence-corrected chi connectivity index (χ2v) is 6.04. The monoisotopic (exact) mass is 408 g/mol. The average molecular weight is 409 g/mol. The van der Waals surface area contributed by atoms with Crippen LogP contribution in [0.2, 0.25) is 5.02 Å². The molecule has 2 rings (SSSR count). The van der Waals surface area contributed by atoms with Gasteiger partial charge in [-0.2, -0.15) is 5.26 Å². The van der Waals surface area contributed by atoms with E-state index in [0.29, 0.717) is 0 Å². The Bertz CT molecular complexity index is 904. The maximum Gasteiger partial charge on any atom is 0.338 e. The molecule has 1 aliphatic heterocycles. The van der Waals surface area contributed by atoms with Crippen molar-refractivity contribution in [2.75, 3.05) is 13.2 Å². The van der Waals surface area contributed by atoms with Crippen LogP contribution in [0.3, 0.4) is 0 Å². The summed E-state index contributed by atoms with van der Waals surface area (Å²) in [6, 6.07) is 5.71. The van der Waals surface area contributed by atoms with Crippen LogP contribution in [-0.2, 0) is 23.8 Å². The van der Waals surface area contributed by atoms with Crippen molar-refractivity contribution in [3.63, 3.8) is 0 Å². The summed E-state index contributed by atoms with van der Waals surface area (Å²) in [7, 11) is 0. The molecule has 0 radical (unpaired) electrons. The van der Waals surface area contributed by atoms with E-state index in [4.69, 9.17) is 31.5 Å². The first-order valence-corrected chi connectivity index (χ1v) is 8.80. The highest BCUT2D eigenvalue weighted by atomic mass is 35.5. The molecule has 28 heavy (non-hydrogen) atoms. The second-order valence-electron chi connectivity index (χ2n) is 5.64. The number of nitrogens with two attached hydrogens (primary N) is 1. The summed E-state index contributed by atoms with van der Waals surface area (Å²) in [5.74, 6) is -3.72. The number of hydrogen-bond donors (Lipinski definition) is 1. The van der Waals surface area contributed by atoms with Crippen molar-refractivity contribution in [3.05, 3.63) is 57.4 Å². The largest absolute Gasteiger partial charge is 0.466 e. The van der Waals surface area contributed by atoms with Crippen molar-refractivity contribution in [1.82, 2.24) is 0 Å². The van der Waals surface area contributed by atoms with Crippen molar-refractivity contribution in [1.29, 1.82) is 5.26 Å². The summed E-state index contributed by atoms with van der Waals surface area (Å²) in [5.41, 5.74) is 5.83. The minimum Gasteiger partial charge on any atom is -0.466 e. The smallest absolute Gasteiger partial charge is 0.338 e. The number of nitrogens with zero attached hydrogens (tertiary/aromatic N) is 1. The van der Waals surface area contributed by atoms with Crippen LogP contribution in [0.15, 0.2) is 41.0 Å². The van der Waals surface area contributed by atoms with E-state index < -0.39 is 30.1 Å². The van der Waals surface area contributed by atoms with Crippen molar-refractivity contribution >= 4 is 23.5 Å². The van der Waals surface area contributed by atoms with Crippen LogP contribution in [-0.4, -0.2) is 25.2 Å². The highest BCUT2D eigenvalue weighted by molar-refractivity contribution is 6.30. The fourth-order valence-electron chi connectivity index (χ4n) is 2.75. The van der Waals surface area contributed by atoms with Gasteiger partial charge >= 0.3 is 11.9 Å². The van der Waals surface area contributed by atoms with Gasteiger partial charge in [0.2, 0.25) is 5.88 Å². The van der Waals surface area contributed by atoms with Gasteiger partial charge in [-0.15, -0.1) is 0 Å². The quantitative estimate of drug-likeness (QED) is 0.720. The number of allylic oxidation sites excluding steroid dienone is 1. The first kappa shape index (κ1) is 21.3. The number of carbonyl (C=O) groups excluding carboxylic acids is 2. The summed E-state index contributed by atoms with van der Waals surface area (Å²) in [6.45, 7) is 3.39. The fourth-order valence-corrected chi connectivity index (χ4v) is 2.87. The number of esters is 2. The van der Waals surface area contributed by atoms with Gasteiger partial charge in [-0.25, -0.2) is 9.18 Å². The number of hydrogen-bond acceptors (Lipinski definition) is 7. The maximum atomic E-state index is 14.0. The van der Waals surface area contributed by atoms with Crippen molar-refractivity contribution in [2.24, 2.45) is 5.73 Å².